The maximum absolute atomic E-state index is 5.81. The molecule has 1 fully saturated rings. The molecular weight excluding hydrogens is 224 g/mol. The first-order valence-electron chi connectivity index (χ1n) is 5.45. The van der Waals surface area contributed by atoms with Crippen LogP contribution >= 0.6 is 12.4 Å². The number of nitrogens with two attached hydrogens (primary N) is 1. The van der Waals surface area contributed by atoms with E-state index >= 15 is 0 Å². The van der Waals surface area contributed by atoms with E-state index in [0.29, 0.717) is 0 Å². The van der Waals surface area contributed by atoms with E-state index in [-0.39, 0.29) is 18.4 Å². The molecule has 1 atom stereocenters. The second kappa shape index (κ2) is 6.09. The van der Waals surface area contributed by atoms with Crippen molar-refractivity contribution < 1.29 is 4.74 Å². The van der Waals surface area contributed by atoms with E-state index in [1.807, 2.05) is 6.92 Å². The molecule has 0 aliphatic carbocycles. The lowest BCUT2D eigenvalue weighted by Gasteiger charge is -2.29. The van der Waals surface area contributed by atoms with Crippen molar-refractivity contribution in [1.29, 1.82) is 0 Å². The fourth-order valence-corrected chi connectivity index (χ4v) is 1.81. The average molecular weight is 243 g/mol. The van der Waals surface area contributed by atoms with Crippen LogP contribution in [0.5, 0.6) is 0 Å². The first-order chi connectivity index (χ1) is 7.27. The standard InChI is InChI=1S/C12H18N2O.ClH/c1-10(13)11-2-4-12(5-3-11)14-6-8-15-9-7-14;/h2-5,10H,6-9,13H2,1H3;1H/t10-;/m1./s1. The van der Waals surface area contributed by atoms with Gasteiger partial charge < -0.3 is 15.4 Å². The quantitative estimate of drug-likeness (QED) is 0.862. The molecule has 3 nitrogen and oxygen atoms in total. The van der Waals surface area contributed by atoms with E-state index in [2.05, 4.69) is 29.2 Å². The molecule has 0 radical (unpaired) electrons. The molecule has 1 aromatic rings. The highest BCUT2D eigenvalue weighted by Crippen LogP contribution is 2.18. The van der Waals surface area contributed by atoms with Gasteiger partial charge in [-0.05, 0) is 24.6 Å². The van der Waals surface area contributed by atoms with Gasteiger partial charge in [0.15, 0.2) is 0 Å². The number of anilines is 1. The van der Waals surface area contributed by atoms with Crippen LogP contribution in [-0.2, 0) is 4.74 Å². The van der Waals surface area contributed by atoms with Crippen LogP contribution in [0.4, 0.5) is 5.69 Å². The van der Waals surface area contributed by atoms with Crippen molar-refractivity contribution in [2.45, 2.75) is 13.0 Å². The maximum Gasteiger partial charge on any atom is 0.0642 e. The fourth-order valence-electron chi connectivity index (χ4n) is 1.81. The zero-order valence-corrected chi connectivity index (χ0v) is 10.4. The van der Waals surface area contributed by atoms with Crippen LogP contribution in [0.3, 0.4) is 0 Å². The van der Waals surface area contributed by atoms with E-state index in [4.69, 9.17) is 10.5 Å². The van der Waals surface area contributed by atoms with E-state index in [1.165, 1.54) is 11.3 Å². The summed E-state index contributed by atoms with van der Waals surface area (Å²) >= 11 is 0. The van der Waals surface area contributed by atoms with Crippen molar-refractivity contribution in [2.24, 2.45) is 5.73 Å². The van der Waals surface area contributed by atoms with Crippen molar-refractivity contribution in [2.75, 3.05) is 31.2 Å². The summed E-state index contributed by atoms with van der Waals surface area (Å²) in [6, 6.07) is 8.61. The molecule has 16 heavy (non-hydrogen) atoms. The lowest BCUT2D eigenvalue weighted by Crippen LogP contribution is -2.36. The van der Waals surface area contributed by atoms with E-state index in [9.17, 15) is 0 Å². The number of morpholine rings is 1. The Balaban J connectivity index is 0.00000128. The van der Waals surface area contributed by atoms with Gasteiger partial charge in [-0.25, -0.2) is 0 Å². The summed E-state index contributed by atoms with van der Waals surface area (Å²) in [6.45, 7) is 5.63. The average Bonchev–Trinajstić information content (AvgIpc) is 2.30. The van der Waals surface area contributed by atoms with Gasteiger partial charge in [-0.3, -0.25) is 0 Å². The number of hydrogen-bond donors (Lipinski definition) is 1. The summed E-state index contributed by atoms with van der Waals surface area (Å²) in [6.07, 6.45) is 0. The number of halogens is 1. The summed E-state index contributed by atoms with van der Waals surface area (Å²) < 4.78 is 5.32. The molecule has 2 N–H and O–H groups in total. The Kier molecular flexibility index (Phi) is 5.06. The van der Waals surface area contributed by atoms with Gasteiger partial charge in [0, 0.05) is 24.8 Å². The molecule has 0 saturated carbocycles. The largest absolute Gasteiger partial charge is 0.378 e. The fraction of sp³-hybridized carbons (Fsp3) is 0.500. The van der Waals surface area contributed by atoms with Crippen LogP contribution in [0.25, 0.3) is 0 Å². The number of hydrogen-bond acceptors (Lipinski definition) is 3. The molecular formula is C12H19ClN2O. The molecule has 4 heteroatoms. The van der Waals surface area contributed by atoms with Gasteiger partial charge in [0.25, 0.3) is 0 Å². The van der Waals surface area contributed by atoms with Gasteiger partial charge in [-0.1, -0.05) is 12.1 Å². The van der Waals surface area contributed by atoms with E-state index in [0.717, 1.165) is 26.3 Å². The number of benzene rings is 1. The van der Waals surface area contributed by atoms with Crippen LogP contribution in [-0.4, -0.2) is 26.3 Å². The van der Waals surface area contributed by atoms with Crippen molar-refractivity contribution in [3.05, 3.63) is 29.8 Å². The first kappa shape index (κ1) is 13.3. The van der Waals surface area contributed by atoms with Crippen LogP contribution in [0.1, 0.15) is 18.5 Å². The lowest BCUT2D eigenvalue weighted by molar-refractivity contribution is 0.122. The monoisotopic (exact) mass is 242 g/mol. The molecule has 1 saturated heterocycles. The molecule has 0 amide bonds. The molecule has 0 aromatic heterocycles. The molecule has 90 valence electrons. The molecule has 0 bridgehead atoms. The van der Waals surface area contributed by atoms with Gasteiger partial charge >= 0.3 is 0 Å². The summed E-state index contributed by atoms with van der Waals surface area (Å²) in [5, 5.41) is 0. The Labute approximate surface area is 103 Å². The highest BCUT2D eigenvalue weighted by molar-refractivity contribution is 5.85. The predicted octanol–water partition coefficient (Wildman–Crippen LogP) is 1.96. The minimum Gasteiger partial charge on any atom is -0.378 e. The SMILES string of the molecule is C[C@@H](N)c1ccc(N2CCOCC2)cc1.Cl. The zero-order valence-electron chi connectivity index (χ0n) is 9.56. The summed E-state index contributed by atoms with van der Waals surface area (Å²) in [4.78, 5) is 2.34. The minimum absolute atomic E-state index is 0. The van der Waals surface area contributed by atoms with Gasteiger partial charge in [0.2, 0.25) is 0 Å². The second-order valence-electron chi connectivity index (χ2n) is 3.98. The Morgan fingerprint density at radius 1 is 1.19 bits per heavy atom. The van der Waals surface area contributed by atoms with E-state index in [1.54, 1.807) is 0 Å². The van der Waals surface area contributed by atoms with Crippen molar-refractivity contribution in [3.8, 4) is 0 Å². The maximum atomic E-state index is 5.81. The first-order valence-corrected chi connectivity index (χ1v) is 5.45. The van der Waals surface area contributed by atoms with Crippen molar-refractivity contribution in [3.63, 3.8) is 0 Å². The molecule has 1 aliphatic heterocycles. The topological polar surface area (TPSA) is 38.5 Å². The highest BCUT2D eigenvalue weighted by Gasteiger charge is 2.10. The normalized spacial score (nSPS) is 17.8. The minimum atomic E-state index is 0. The molecule has 1 aromatic carbocycles. The van der Waals surface area contributed by atoms with Crippen LogP contribution < -0.4 is 10.6 Å². The van der Waals surface area contributed by atoms with Crippen molar-refractivity contribution in [1.82, 2.24) is 0 Å². The third-order valence-corrected chi connectivity index (χ3v) is 2.80. The van der Waals surface area contributed by atoms with Crippen LogP contribution in [0.15, 0.2) is 24.3 Å². The molecule has 1 heterocycles. The molecule has 1 aliphatic rings. The Hall–Kier alpha value is -0.770. The highest BCUT2D eigenvalue weighted by atomic mass is 35.5. The summed E-state index contributed by atoms with van der Waals surface area (Å²) in [5.41, 5.74) is 8.26. The predicted molar refractivity (Wildman–Crippen MR) is 69.3 cm³/mol. The Bertz CT molecular complexity index is 307. The van der Waals surface area contributed by atoms with Crippen LogP contribution in [0, 0.1) is 0 Å². The second-order valence-corrected chi connectivity index (χ2v) is 3.98. The number of ether oxygens (including phenoxy) is 1. The summed E-state index contributed by atoms with van der Waals surface area (Å²) in [5.74, 6) is 0. The smallest absolute Gasteiger partial charge is 0.0642 e. The van der Waals surface area contributed by atoms with Gasteiger partial charge in [0.05, 0.1) is 13.2 Å². The number of rotatable bonds is 2. The molecule has 2 rings (SSSR count). The van der Waals surface area contributed by atoms with Gasteiger partial charge in [-0.2, -0.15) is 0 Å². The third kappa shape index (κ3) is 3.11. The van der Waals surface area contributed by atoms with E-state index < -0.39 is 0 Å². The molecule has 0 unspecified atom stereocenters. The summed E-state index contributed by atoms with van der Waals surface area (Å²) in [7, 11) is 0. The van der Waals surface area contributed by atoms with Crippen LogP contribution in [0.2, 0.25) is 0 Å². The van der Waals surface area contributed by atoms with Gasteiger partial charge in [-0.15, -0.1) is 12.4 Å². The van der Waals surface area contributed by atoms with Gasteiger partial charge in [0.1, 0.15) is 0 Å². The number of nitrogens with zero attached hydrogens (tertiary/aromatic N) is 1. The third-order valence-electron chi connectivity index (χ3n) is 2.80. The Morgan fingerprint density at radius 2 is 1.75 bits per heavy atom. The zero-order chi connectivity index (χ0) is 10.7. The van der Waals surface area contributed by atoms with Crippen molar-refractivity contribution >= 4 is 18.1 Å². The molecule has 0 spiro atoms. The lowest BCUT2D eigenvalue weighted by atomic mass is 10.1. The Morgan fingerprint density at radius 3 is 2.25 bits per heavy atom.